The minimum absolute atomic E-state index is 0.0649. The number of anilines is 1. The predicted octanol–water partition coefficient (Wildman–Crippen LogP) is 0.884. The first kappa shape index (κ1) is 30.3. The van der Waals surface area contributed by atoms with Gasteiger partial charge in [0.25, 0.3) is 5.91 Å². The number of alkyl halides is 3. The van der Waals surface area contributed by atoms with Crippen LogP contribution in [0.1, 0.15) is 33.6 Å². The molecule has 232 valence electrons. The van der Waals surface area contributed by atoms with Gasteiger partial charge in [-0.15, -0.1) is 0 Å². The molecule has 5 amide bonds. The molecule has 5 rings (SSSR count). The lowest BCUT2D eigenvalue weighted by Gasteiger charge is -2.37. The number of rotatable bonds is 7. The molecule has 0 spiro atoms. The highest BCUT2D eigenvalue weighted by Gasteiger charge is 2.59. The predicted molar refractivity (Wildman–Crippen MR) is 144 cm³/mol. The molecule has 0 radical (unpaired) electrons. The van der Waals surface area contributed by atoms with Gasteiger partial charge in [0.1, 0.15) is 18.1 Å². The first-order chi connectivity index (χ1) is 20.1. The number of carbonyl (C=O) groups is 5. The van der Waals surface area contributed by atoms with E-state index in [1.54, 1.807) is 12.1 Å². The van der Waals surface area contributed by atoms with Crippen LogP contribution in [0.25, 0.3) is 0 Å². The normalized spacial score (nSPS) is 28.7. The van der Waals surface area contributed by atoms with Gasteiger partial charge in [-0.3, -0.25) is 24.0 Å². The summed E-state index contributed by atoms with van der Waals surface area (Å²) < 4.78 is 45.2. The zero-order chi connectivity index (χ0) is 31.4. The van der Waals surface area contributed by atoms with Gasteiger partial charge >= 0.3 is 12.1 Å². The van der Waals surface area contributed by atoms with E-state index in [0.29, 0.717) is 0 Å². The second-order valence-electron chi connectivity index (χ2n) is 12.5. The summed E-state index contributed by atoms with van der Waals surface area (Å²) in [6, 6.07) is -0.968. The Morgan fingerprint density at radius 2 is 1.86 bits per heavy atom. The quantitative estimate of drug-likeness (QED) is 0.334. The van der Waals surface area contributed by atoms with E-state index in [0.717, 1.165) is 6.42 Å². The lowest BCUT2D eigenvalue weighted by Crippen LogP contribution is -2.61. The molecule has 2 fully saturated rings. The number of ether oxygens (including phenoxy) is 1. The highest BCUT2D eigenvalue weighted by atomic mass is 19.4. The smallest absolute Gasteiger partial charge is 0.471 e. The molecule has 2 aliphatic carbocycles. The number of allylic oxidation sites excluding steroid dienone is 2. The molecule has 1 aromatic heterocycles. The van der Waals surface area contributed by atoms with Gasteiger partial charge in [0.15, 0.2) is 17.7 Å². The summed E-state index contributed by atoms with van der Waals surface area (Å²) in [6.45, 7) is 4.61. The van der Waals surface area contributed by atoms with Gasteiger partial charge in [-0.1, -0.05) is 32.9 Å². The zero-order valence-corrected chi connectivity index (χ0v) is 23.7. The molecule has 0 unspecified atom stereocenters. The van der Waals surface area contributed by atoms with E-state index in [4.69, 9.17) is 10.5 Å². The Kier molecular flexibility index (Phi) is 7.63. The van der Waals surface area contributed by atoms with E-state index < -0.39 is 65.4 Å². The van der Waals surface area contributed by atoms with Crippen molar-refractivity contribution in [1.82, 2.24) is 20.5 Å². The van der Waals surface area contributed by atoms with Crippen molar-refractivity contribution in [1.29, 1.82) is 0 Å². The molecule has 1 saturated carbocycles. The molecule has 43 heavy (non-hydrogen) atoms. The van der Waals surface area contributed by atoms with Crippen molar-refractivity contribution in [3.05, 3.63) is 30.5 Å². The largest absolute Gasteiger partial charge is 0.477 e. The van der Waals surface area contributed by atoms with Crippen molar-refractivity contribution >= 4 is 35.4 Å². The minimum Gasteiger partial charge on any atom is -0.477 e. The van der Waals surface area contributed by atoms with Crippen LogP contribution in [-0.4, -0.2) is 76.4 Å². The van der Waals surface area contributed by atoms with Crippen LogP contribution in [0.3, 0.4) is 0 Å². The van der Waals surface area contributed by atoms with Crippen molar-refractivity contribution < 1.29 is 41.9 Å². The van der Waals surface area contributed by atoms with Crippen molar-refractivity contribution in [2.75, 3.05) is 11.9 Å². The number of carbonyl (C=O) groups excluding carboxylic acids is 5. The Morgan fingerprint density at radius 1 is 1.16 bits per heavy atom. The molecule has 1 saturated heterocycles. The van der Waals surface area contributed by atoms with E-state index >= 15 is 0 Å². The molecule has 4 aliphatic rings. The van der Waals surface area contributed by atoms with Crippen molar-refractivity contribution in [3.63, 3.8) is 0 Å². The number of pyridine rings is 1. The molecule has 1 aromatic rings. The fraction of sp³-hybridized carbons (Fsp3) is 0.571. The van der Waals surface area contributed by atoms with E-state index in [1.165, 1.54) is 31.9 Å². The second-order valence-corrected chi connectivity index (χ2v) is 12.5. The molecule has 2 aliphatic heterocycles. The fourth-order valence-electron chi connectivity index (χ4n) is 6.66. The van der Waals surface area contributed by atoms with Crippen LogP contribution in [0.2, 0.25) is 0 Å². The van der Waals surface area contributed by atoms with Gasteiger partial charge in [-0.05, 0) is 47.6 Å². The third-order valence-corrected chi connectivity index (χ3v) is 8.68. The van der Waals surface area contributed by atoms with Crippen LogP contribution < -0.4 is 26.4 Å². The van der Waals surface area contributed by atoms with Crippen molar-refractivity contribution in [3.8, 4) is 5.75 Å². The van der Waals surface area contributed by atoms with Gasteiger partial charge in [0, 0.05) is 19.2 Å². The Balaban J connectivity index is 1.39. The van der Waals surface area contributed by atoms with Crippen LogP contribution in [-0.2, 0) is 24.0 Å². The van der Waals surface area contributed by atoms with Crippen LogP contribution in [0.5, 0.6) is 5.75 Å². The second kappa shape index (κ2) is 10.8. The van der Waals surface area contributed by atoms with Crippen LogP contribution in [0, 0.1) is 29.1 Å². The lowest BCUT2D eigenvalue weighted by molar-refractivity contribution is -0.176. The molecular weight excluding hydrogens is 573 g/mol. The van der Waals surface area contributed by atoms with E-state index in [-0.39, 0.29) is 48.2 Å². The third-order valence-electron chi connectivity index (χ3n) is 8.68. The summed E-state index contributed by atoms with van der Waals surface area (Å²) in [5.74, 6) is -5.43. The fourth-order valence-corrected chi connectivity index (χ4v) is 6.66. The van der Waals surface area contributed by atoms with Gasteiger partial charge in [-0.25, -0.2) is 4.98 Å². The monoisotopic (exact) mass is 606 g/mol. The number of nitrogens with zero attached hydrogens (tertiary/aromatic N) is 2. The number of nitrogens with two attached hydrogens (primary N) is 1. The SMILES string of the molecule is CC(C)(C)[C@H](NC(=O)C(F)(F)F)C(=O)N1C[C@H]2[C@@H]([C@H]1C(=O)N[C@@H](C[C@@H]1Oc3cccnc3NC1=O)C(N)=O)[C@H]1C=C[C@@H]2C1. The number of hydrogen-bond acceptors (Lipinski definition) is 7. The summed E-state index contributed by atoms with van der Waals surface area (Å²) in [5.41, 5.74) is 4.47. The number of aromatic nitrogens is 1. The summed E-state index contributed by atoms with van der Waals surface area (Å²) in [6.07, 6.45) is -0.545. The molecule has 3 heterocycles. The maximum Gasteiger partial charge on any atom is 0.471 e. The summed E-state index contributed by atoms with van der Waals surface area (Å²) in [4.78, 5) is 70.0. The average Bonchev–Trinajstić information content (AvgIpc) is 3.63. The molecule has 5 N–H and O–H groups in total. The van der Waals surface area contributed by atoms with Crippen molar-refractivity contribution in [2.45, 2.75) is 64.0 Å². The number of fused-ring (bicyclic) bond motifs is 6. The molecule has 12 nitrogen and oxygen atoms in total. The van der Waals surface area contributed by atoms with Crippen molar-refractivity contribution in [2.24, 2.45) is 34.8 Å². The molecule has 0 aromatic carbocycles. The number of primary amides is 1. The van der Waals surface area contributed by atoms with Crippen LogP contribution in [0.15, 0.2) is 30.5 Å². The van der Waals surface area contributed by atoms with Crippen LogP contribution >= 0.6 is 0 Å². The molecule has 15 heteroatoms. The van der Waals surface area contributed by atoms with Crippen LogP contribution in [0.4, 0.5) is 19.0 Å². The highest BCUT2D eigenvalue weighted by Crippen LogP contribution is 2.54. The number of hydrogen-bond donors (Lipinski definition) is 4. The Labute approximate surface area is 244 Å². The van der Waals surface area contributed by atoms with E-state index in [9.17, 15) is 37.1 Å². The number of nitrogens with one attached hydrogen (secondary N) is 3. The van der Waals surface area contributed by atoms with E-state index in [2.05, 4.69) is 15.6 Å². The number of halogens is 3. The average molecular weight is 607 g/mol. The number of amides is 5. The van der Waals surface area contributed by atoms with Gasteiger partial charge in [-0.2, -0.15) is 13.2 Å². The highest BCUT2D eigenvalue weighted by molar-refractivity contribution is 5.98. The first-order valence-corrected chi connectivity index (χ1v) is 13.9. The Hall–Kier alpha value is -4.17. The first-order valence-electron chi connectivity index (χ1n) is 13.9. The Bertz CT molecular complexity index is 1380. The maximum absolute atomic E-state index is 13.9. The van der Waals surface area contributed by atoms with E-state index in [1.807, 2.05) is 17.5 Å². The zero-order valence-electron chi connectivity index (χ0n) is 23.7. The van der Waals surface area contributed by atoms with Gasteiger partial charge < -0.3 is 31.3 Å². The summed E-state index contributed by atoms with van der Waals surface area (Å²) >= 11 is 0. The molecular formula is C28H33F3N6O6. The molecule has 8 atom stereocenters. The molecule has 2 bridgehead atoms. The number of likely N-dealkylation sites (tertiary alicyclic amines) is 1. The standard InChI is InChI=1S/C28H33F3N6O6/c1-27(2,3)20(35-26(42)28(29,30)31)25(41)37-11-14-12-6-7-13(9-12)18(14)19(37)24(40)34-15(21(32)38)10-17-23(39)36-22-16(43-17)5-4-8-33-22/h4-8,12-15,17-20H,9-11H2,1-3H3,(H2,32,38)(H,34,40)(H,35,42)(H,33,36,39)/t12-,13+,14-,15+,17+,18+,19+,20-/m1/s1. The summed E-state index contributed by atoms with van der Waals surface area (Å²) in [5, 5.41) is 6.97. The summed E-state index contributed by atoms with van der Waals surface area (Å²) in [7, 11) is 0. The maximum atomic E-state index is 13.9. The van der Waals surface area contributed by atoms with Gasteiger partial charge in [0.2, 0.25) is 17.7 Å². The topological polar surface area (TPSA) is 173 Å². The Morgan fingerprint density at radius 3 is 2.51 bits per heavy atom. The lowest BCUT2D eigenvalue weighted by atomic mass is 9.81. The van der Waals surface area contributed by atoms with Gasteiger partial charge in [0.05, 0.1) is 0 Å². The minimum atomic E-state index is -5.22. The third kappa shape index (κ3) is 5.76.